The van der Waals surface area contributed by atoms with Gasteiger partial charge in [-0.1, -0.05) is 121 Å². The first-order valence-corrected chi connectivity index (χ1v) is 19.7. The number of hydrogen-bond donors (Lipinski definition) is 0. The number of benzene rings is 8. The van der Waals surface area contributed by atoms with Gasteiger partial charge in [-0.05, 0) is 117 Å². The van der Waals surface area contributed by atoms with Crippen LogP contribution in [0.25, 0.3) is 43.8 Å². The lowest BCUT2D eigenvalue weighted by atomic mass is 9.86. The summed E-state index contributed by atoms with van der Waals surface area (Å²) < 4.78 is 0. The molecule has 3 heterocycles. The van der Waals surface area contributed by atoms with E-state index in [1.54, 1.807) is 0 Å². The molecule has 0 radical (unpaired) electrons. The van der Waals surface area contributed by atoms with Gasteiger partial charge in [-0.2, -0.15) is 0 Å². The molecule has 2 aliphatic rings. The van der Waals surface area contributed by atoms with Crippen LogP contribution in [0.5, 0.6) is 0 Å². The minimum Gasteiger partial charge on any atom is -0.308 e. The van der Waals surface area contributed by atoms with E-state index in [0.29, 0.717) is 0 Å². The summed E-state index contributed by atoms with van der Waals surface area (Å²) in [5.41, 5.74) is 11.8. The minimum atomic E-state index is 1.14. The van der Waals surface area contributed by atoms with Gasteiger partial charge >= 0.3 is 0 Å². The zero-order valence-electron chi connectivity index (χ0n) is 29.1. The third-order valence-electron chi connectivity index (χ3n) is 10.5. The third kappa shape index (κ3) is 4.97. The predicted octanol–water partition coefficient (Wildman–Crippen LogP) is 14.6. The number of pyridine rings is 1. The molecule has 0 N–H and O–H groups in total. The smallest absolute Gasteiger partial charge is 0.0607 e. The molecule has 0 unspecified atom stereocenters. The highest BCUT2D eigenvalue weighted by Gasteiger charge is 2.28. The molecule has 0 atom stereocenters. The van der Waals surface area contributed by atoms with Crippen molar-refractivity contribution in [2.75, 3.05) is 9.80 Å². The second-order valence-corrected chi connectivity index (χ2v) is 15.7. The Morgan fingerprint density at radius 3 is 1.31 bits per heavy atom. The minimum absolute atomic E-state index is 1.14. The first kappa shape index (κ1) is 31.3. The molecule has 9 aromatic rings. The van der Waals surface area contributed by atoms with Gasteiger partial charge in [0, 0.05) is 48.7 Å². The van der Waals surface area contributed by atoms with Crippen LogP contribution in [-0.2, 0) is 0 Å². The summed E-state index contributed by atoms with van der Waals surface area (Å²) in [7, 11) is 0. The molecule has 254 valence electrons. The molecule has 2 aliphatic heterocycles. The second-order valence-electron chi connectivity index (χ2n) is 13.6. The summed E-state index contributed by atoms with van der Waals surface area (Å²) >= 11 is 3.68. The van der Waals surface area contributed by atoms with E-state index in [1.165, 1.54) is 80.7 Å². The lowest BCUT2D eigenvalue weighted by molar-refractivity contribution is 1.17. The molecule has 0 saturated heterocycles. The maximum Gasteiger partial charge on any atom is 0.0607 e. The Morgan fingerprint density at radius 1 is 0.352 bits per heavy atom. The number of fused-ring (bicyclic) bond motifs is 6. The van der Waals surface area contributed by atoms with Crippen LogP contribution >= 0.6 is 23.5 Å². The van der Waals surface area contributed by atoms with Crippen molar-refractivity contribution in [3.63, 3.8) is 0 Å². The summed E-state index contributed by atoms with van der Waals surface area (Å²) in [6.07, 6.45) is 3.99. The highest BCUT2D eigenvalue weighted by molar-refractivity contribution is 8.00. The Balaban J connectivity index is 1.13. The standard InChI is InChI=1S/C49H31N3S2/c1-3-13-34(14-4-1)51-40-19-9-11-21-44(40)53-46-25-23-32(29-42(46)51)48-36-17-7-8-18-37(36)49(39-31-50-28-27-38(39)48)33-24-26-47-43(30-33)52(35-15-5-2-6-16-35)41-20-10-12-22-45(41)54-47/h1-31H. The van der Waals surface area contributed by atoms with Crippen LogP contribution in [-0.4, -0.2) is 4.98 Å². The number of anilines is 6. The lowest BCUT2D eigenvalue weighted by Gasteiger charge is -2.33. The summed E-state index contributed by atoms with van der Waals surface area (Å²) in [6, 6.07) is 63.9. The molecule has 0 bridgehead atoms. The van der Waals surface area contributed by atoms with Crippen molar-refractivity contribution in [1.29, 1.82) is 0 Å². The first-order chi connectivity index (χ1) is 26.8. The highest BCUT2D eigenvalue weighted by Crippen LogP contribution is 2.55. The molecule has 0 fully saturated rings. The normalized spacial score (nSPS) is 13.0. The van der Waals surface area contributed by atoms with Gasteiger partial charge in [0.05, 0.1) is 22.7 Å². The zero-order valence-corrected chi connectivity index (χ0v) is 30.7. The Kier molecular flexibility index (Phi) is 7.35. The summed E-state index contributed by atoms with van der Waals surface area (Å²) in [4.78, 5) is 14.5. The molecule has 8 aromatic carbocycles. The topological polar surface area (TPSA) is 19.4 Å². The fraction of sp³-hybridized carbons (Fsp3) is 0. The van der Waals surface area contributed by atoms with E-state index in [0.717, 1.165) is 16.8 Å². The SMILES string of the molecule is c1ccc(N2c3ccccc3Sc3ccc(-c4c5ccccc5c(-c5ccc6c(c5)N(c5ccccc5)c5ccccc5S6)c5cnccc45)cc32)cc1. The molecule has 3 nitrogen and oxygen atoms in total. The van der Waals surface area contributed by atoms with Crippen molar-refractivity contribution in [2.24, 2.45) is 0 Å². The average molecular weight is 726 g/mol. The van der Waals surface area contributed by atoms with Crippen LogP contribution in [0.4, 0.5) is 34.1 Å². The van der Waals surface area contributed by atoms with Gasteiger partial charge in [-0.3, -0.25) is 4.98 Å². The van der Waals surface area contributed by atoms with Crippen molar-refractivity contribution in [3.05, 3.63) is 188 Å². The highest BCUT2D eigenvalue weighted by atomic mass is 32.2. The molecule has 0 saturated carbocycles. The van der Waals surface area contributed by atoms with Crippen molar-refractivity contribution in [1.82, 2.24) is 4.98 Å². The fourth-order valence-corrected chi connectivity index (χ4v) is 10.3. The van der Waals surface area contributed by atoms with Gasteiger partial charge in [0.25, 0.3) is 0 Å². The van der Waals surface area contributed by atoms with E-state index in [9.17, 15) is 0 Å². The van der Waals surface area contributed by atoms with E-state index >= 15 is 0 Å². The summed E-state index contributed by atoms with van der Waals surface area (Å²) in [5, 5.41) is 4.75. The van der Waals surface area contributed by atoms with Gasteiger partial charge in [-0.15, -0.1) is 0 Å². The predicted molar refractivity (Wildman–Crippen MR) is 228 cm³/mol. The maximum absolute atomic E-state index is 4.74. The number of rotatable bonds is 4. The van der Waals surface area contributed by atoms with Crippen molar-refractivity contribution in [3.8, 4) is 22.3 Å². The van der Waals surface area contributed by atoms with E-state index < -0.39 is 0 Å². The van der Waals surface area contributed by atoms with E-state index in [1.807, 2.05) is 29.7 Å². The Labute approximate surface area is 322 Å². The van der Waals surface area contributed by atoms with E-state index in [4.69, 9.17) is 4.98 Å². The van der Waals surface area contributed by atoms with E-state index in [2.05, 4.69) is 192 Å². The largest absolute Gasteiger partial charge is 0.308 e. The number of hydrogen-bond acceptors (Lipinski definition) is 5. The Morgan fingerprint density at radius 2 is 0.778 bits per heavy atom. The maximum atomic E-state index is 4.74. The van der Waals surface area contributed by atoms with Gasteiger partial charge < -0.3 is 9.80 Å². The molecule has 11 rings (SSSR count). The molecular weight excluding hydrogens is 695 g/mol. The van der Waals surface area contributed by atoms with Gasteiger partial charge in [0.15, 0.2) is 0 Å². The van der Waals surface area contributed by atoms with Gasteiger partial charge in [0.2, 0.25) is 0 Å². The van der Waals surface area contributed by atoms with E-state index in [-0.39, 0.29) is 0 Å². The molecule has 1 aromatic heterocycles. The summed E-state index contributed by atoms with van der Waals surface area (Å²) in [6.45, 7) is 0. The van der Waals surface area contributed by atoms with Gasteiger partial charge in [-0.25, -0.2) is 0 Å². The Bertz CT molecular complexity index is 2650. The van der Waals surface area contributed by atoms with Crippen LogP contribution < -0.4 is 9.80 Å². The lowest BCUT2D eigenvalue weighted by Crippen LogP contribution is -2.14. The van der Waals surface area contributed by atoms with Crippen LogP contribution in [0.3, 0.4) is 0 Å². The van der Waals surface area contributed by atoms with Crippen LogP contribution in [0.2, 0.25) is 0 Å². The molecule has 0 amide bonds. The monoisotopic (exact) mass is 725 g/mol. The number of para-hydroxylation sites is 4. The number of nitrogens with zero attached hydrogens (tertiary/aromatic N) is 3. The third-order valence-corrected chi connectivity index (χ3v) is 12.7. The molecule has 0 spiro atoms. The summed E-state index contributed by atoms with van der Waals surface area (Å²) in [5.74, 6) is 0. The fourth-order valence-electron chi connectivity index (χ4n) is 8.17. The van der Waals surface area contributed by atoms with Crippen LogP contribution in [0, 0.1) is 0 Å². The molecular formula is C49H31N3S2. The van der Waals surface area contributed by atoms with Crippen LogP contribution in [0.15, 0.2) is 208 Å². The van der Waals surface area contributed by atoms with Crippen molar-refractivity contribution in [2.45, 2.75) is 19.6 Å². The van der Waals surface area contributed by atoms with Gasteiger partial charge in [0.1, 0.15) is 0 Å². The first-order valence-electron chi connectivity index (χ1n) is 18.1. The van der Waals surface area contributed by atoms with Crippen LogP contribution in [0.1, 0.15) is 0 Å². The van der Waals surface area contributed by atoms with Crippen molar-refractivity contribution >= 4 is 79.2 Å². The molecule has 0 aliphatic carbocycles. The molecule has 5 heteroatoms. The zero-order chi connectivity index (χ0) is 35.6. The number of aromatic nitrogens is 1. The average Bonchev–Trinajstić information content (AvgIpc) is 3.24. The molecule has 54 heavy (non-hydrogen) atoms. The Hall–Kier alpha value is -6.27. The van der Waals surface area contributed by atoms with Crippen molar-refractivity contribution < 1.29 is 0 Å². The quantitative estimate of drug-likeness (QED) is 0.168. The second kappa shape index (κ2) is 12.7.